The quantitative estimate of drug-likeness (QED) is 0.889. The fourth-order valence-corrected chi connectivity index (χ4v) is 2.41. The van der Waals surface area contributed by atoms with Crippen molar-refractivity contribution < 1.29 is 9.90 Å². The Labute approximate surface area is 108 Å². The number of rotatable bonds is 3. The molecule has 1 unspecified atom stereocenters. The van der Waals surface area contributed by atoms with E-state index in [9.17, 15) is 9.90 Å². The molecule has 1 N–H and O–H groups in total. The lowest BCUT2D eigenvalue weighted by Gasteiger charge is -2.30. The Morgan fingerprint density at radius 2 is 1.94 bits per heavy atom. The largest absolute Gasteiger partial charge is 0.393 e. The van der Waals surface area contributed by atoms with E-state index in [1.54, 1.807) is 0 Å². The molecule has 1 aromatic carbocycles. The first-order valence-electron chi connectivity index (χ1n) is 6.67. The number of nitrogens with zero attached hydrogens (tertiary/aromatic N) is 1. The molecular weight excluding hydrogens is 226 g/mol. The van der Waals surface area contributed by atoms with Crippen LogP contribution in [-0.4, -0.2) is 35.1 Å². The molecule has 1 aliphatic heterocycles. The Morgan fingerprint density at radius 3 is 2.56 bits per heavy atom. The maximum Gasteiger partial charge on any atom is 0.223 e. The molecule has 0 aliphatic carbocycles. The fourth-order valence-electron chi connectivity index (χ4n) is 2.41. The summed E-state index contributed by atoms with van der Waals surface area (Å²) in [5.41, 5.74) is 1.21. The Hall–Kier alpha value is -1.35. The highest BCUT2D eigenvalue weighted by molar-refractivity contribution is 5.77. The van der Waals surface area contributed by atoms with Gasteiger partial charge in [0.1, 0.15) is 0 Å². The van der Waals surface area contributed by atoms with E-state index in [0.717, 1.165) is 0 Å². The topological polar surface area (TPSA) is 40.5 Å². The molecule has 98 valence electrons. The van der Waals surface area contributed by atoms with Crippen molar-refractivity contribution in [3.63, 3.8) is 0 Å². The van der Waals surface area contributed by atoms with Crippen molar-refractivity contribution in [2.45, 2.75) is 38.2 Å². The second-order valence-corrected chi connectivity index (χ2v) is 5.13. The average molecular weight is 247 g/mol. The predicted octanol–water partition coefficient (Wildman–Crippen LogP) is 2.16. The number of carbonyl (C=O) groups excluding carboxylic acids is 1. The second-order valence-electron chi connectivity index (χ2n) is 5.13. The molecule has 0 aromatic heterocycles. The van der Waals surface area contributed by atoms with Crippen molar-refractivity contribution in [1.82, 2.24) is 4.90 Å². The molecule has 0 bridgehead atoms. The zero-order valence-corrected chi connectivity index (χ0v) is 10.9. The SMILES string of the molecule is CC(CC(=O)N1CCC(O)CC1)c1ccccc1. The van der Waals surface area contributed by atoms with E-state index in [0.29, 0.717) is 32.4 Å². The first-order chi connectivity index (χ1) is 8.66. The van der Waals surface area contributed by atoms with Gasteiger partial charge in [-0.1, -0.05) is 37.3 Å². The van der Waals surface area contributed by atoms with Crippen LogP contribution in [0.5, 0.6) is 0 Å². The molecule has 1 aromatic rings. The Bertz CT molecular complexity index is 383. The van der Waals surface area contributed by atoms with Gasteiger partial charge in [-0.3, -0.25) is 4.79 Å². The van der Waals surface area contributed by atoms with E-state index in [1.807, 2.05) is 23.1 Å². The molecule has 3 heteroatoms. The number of aliphatic hydroxyl groups excluding tert-OH is 1. The van der Waals surface area contributed by atoms with Crippen LogP contribution in [0.25, 0.3) is 0 Å². The molecule has 1 amide bonds. The van der Waals surface area contributed by atoms with Gasteiger partial charge in [-0.25, -0.2) is 0 Å². The summed E-state index contributed by atoms with van der Waals surface area (Å²) in [4.78, 5) is 14.0. The van der Waals surface area contributed by atoms with Crippen LogP contribution in [0, 0.1) is 0 Å². The molecule has 2 rings (SSSR count). The van der Waals surface area contributed by atoms with Crippen LogP contribution in [0.2, 0.25) is 0 Å². The zero-order valence-electron chi connectivity index (χ0n) is 10.9. The molecular formula is C15H21NO2. The number of hydrogen-bond acceptors (Lipinski definition) is 2. The third-order valence-corrected chi connectivity index (χ3v) is 3.67. The minimum Gasteiger partial charge on any atom is -0.393 e. The molecule has 1 heterocycles. The Balaban J connectivity index is 1.87. The summed E-state index contributed by atoms with van der Waals surface area (Å²) in [6.45, 7) is 3.48. The summed E-state index contributed by atoms with van der Waals surface area (Å²) in [6, 6.07) is 10.1. The normalized spacial score (nSPS) is 18.7. The maximum atomic E-state index is 12.1. The number of hydrogen-bond donors (Lipinski definition) is 1. The van der Waals surface area contributed by atoms with Crippen LogP contribution in [-0.2, 0) is 4.79 Å². The van der Waals surface area contributed by atoms with Crippen LogP contribution in [0.3, 0.4) is 0 Å². The average Bonchev–Trinajstić information content (AvgIpc) is 2.40. The van der Waals surface area contributed by atoms with Crippen LogP contribution >= 0.6 is 0 Å². The van der Waals surface area contributed by atoms with Gasteiger partial charge in [0.25, 0.3) is 0 Å². The van der Waals surface area contributed by atoms with Crippen molar-refractivity contribution in [3.8, 4) is 0 Å². The third kappa shape index (κ3) is 3.33. The number of benzene rings is 1. The van der Waals surface area contributed by atoms with Gasteiger partial charge in [0.2, 0.25) is 5.91 Å². The molecule has 3 nitrogen and oxygen atoms in total. The van der Waals surface area contributed by atoms with Gasteiger partial charge in [0, 0.05) is 19.5 Å². The molecule has 18 heavy (non-hydrogen) atoms. The van der Waals surface area contributed by atoms with Crippen LogP contribution < -0.4 is 0 Å². The van der Waals surface area contributed by atoms with Crippen molar-refractivity contribution in [3.05, 3.63) is 35.9 Å². The number of piperidine rings is 1. The lowest BCUT2D eigenvalue weighted by Crippen LogP contribution is -2.40. The first kappa shape index (κ1) is 13.1. The molecule has 1 aliphatic rings. The van der Waals surface area contributed by atoms with Crippen molar-refractivity contribution in [2.75, 3.05) is 13.1 Å². The van der Waals surface area contributed by atoms with Gasteiger partial charge in [-0.2, -0.15) is 0 Å². The molecule has 0 spiro atoms. The van der Waals surface area contributed by atoms with E-state index in [1.165, 1.54) is 5.56 Å². The highest BCUT2D eigenvalue weighted by Crippen LogP contribution is 2.21. The second kappa shape index (κ2) is 6.01. The number of amides is 1. The van der Waals surface area contributed by atoms with Crippen LogP contribution in [0.1, 0.15) is 37.7 Å². The van der Waals surface area contributed by atoms with Gasteiger partial charge in [-0.15, -0.1) is 0 Å². The zero-order chi connectivity index (χ0) is 13.0. The molecule has 1 saturated heterocycles. The molecule has 1 atom stereocenters. The van der Waals surface area contributed by atoms with E-state index in [4.69, 9.17) is 0 Å². The number of likely N-dealkylation sites (tertiary alicyclic amines) is 1. The van der Waals surface area contributed by atoms with Gasteiger partial charge in [0.15, 0.2) is 0 Å². The van der Waals surface area contributed by atoms with Crippen LogP contribution in [0.4, 0.5) is 0 Å². The summed E-state index contributed by atoms with van der Waals surface area (Å²) < 4.78 is 0. The summed E-state index contributed by atoms with van der Waals surface area (Å²) in [6.07, 6.45) is 1.76. The standard InChI is InChI=1S/C15H21NO2/c1-12(13-5-3-2-4-6-13)11-15(18)16-9-7-14(17)8-10-16/h2-6,12,14,17H,7-11H2,1H3. The summed E-state index contributed by atoms with van der Waals surface area (Å²) in [7, 11) is 0. The number of carbonyl (C=O) groups is 1. The summed E-state index contributed by atoms with van der Waals surface area (Å²) in [5.74, 6) is 0.462. The maximum absolute atomic E-state index is 12.1. The Kier molecular flexibility index (Phi) is 4.37. The van der Waals surface area contributed by atoms with Crippen molar-refractivity contribution in [2.24, 2.45) is 0 Å². The van der Waals surface area contributed by atoms with E-state index < -0.39 is 0 Å². The molecule has 1 fully saturated rings. The lowest BCUT2D eigenvalue weighted by atomic mass is 9.96. The highest BCUT2D eigenvalue weighted by Gasteiger charge is 2.22. The highest BCUT2D eigenvalue weighted by atomic mass is 16.3. The van der Waals surface area contributed by atoms with E-state index in [-0.39, 0.29) is 17.9 Å². The van der Waals surface area contributed by atoms with Crippen molar-refractivity contribution >= 4 is 5.91 Å². The fraction of sp³-hybridized carbons (Fsp3) is 0.533. The Morgan fingerprint density at radius 1 is 1.33 bits per heavy atom. The van der Waals surface area contributed by atoms with E-state index in [2.05, 4.69) is 19.1 Å². The van der Waals surface area contributed by atoms with Crippen LogP contribution in [0.15, 0.2) is 30.3 Å². The third-order valence-electron chi connectivity index (χ3n) is 3.67. The smallest absolute Gasteiger partial charge is 0.223 e. The minimum absolute atomic E-state index is 0.207. The predicted molar refractivity (Wildman–Crippen MR) is 71.3 cm³/mol. The van der Waals surface area contributed by atoms with Gasteiger partial charge >= 0.3 is 0 Å². The van der Waals surface area contributed by atoms with Gasteiger partial charge in [0.05, 0.1) is 6.10 Å². The van der Waals surface area contributed by atoms with Gasteiger partial charge in [-0.05, 0) is 24.3 Å². The monoisotopic (exact) mass is 247 g/mol. The summed E-state index contributed by atoms with van der Waals surface area (Å²) >= 11 is 0. The molecule has 0 saturated carbocycles. The first-order valence-corrected chi connectivity index (χ1v) is 6.67. The number of aliphatic hydroxyl groups is 1. The summed E-state index contributed by atoms with van der Waals surface area (Å²) in [5, 5.41) is 9.43. The van der Waals surface area contributed by atoms with E-state index >= 15 is 0 Å². The van der Waals surface area contributed by atoms with Crippen molar-refractivity contribution in [1.29, 1.82) is 0 Å². The van der Waals surface area contributed by atoms with Gasteiger partial charge < -0.3 is 10.0 Å². The lowest BCUT2D eigenvalue weighted by molar-refractivity contribution is -0.133. The minimum atomic E-state index is -0.222. The molecule has 0 radical (unpaired) electrons.